The Morgan fingerprint density at radius 1 is 1.25 bits per heavy atom. The largest absolute Gasteiger partial charge is 0.448 e. The molecule has 1 aliphatic heterocycles. The molecule has 7 nitrogen and oxygen atoms in total. The zero-order chi connectivity index (χ0) is 19.6. The number of piperidine rings is 1. The van der Waals surface area contributed by atoms with Crippen molar-refractivity contribution in [2.24, 2.45) is 0 Å². The minimum Gasteiger partial charge on any atom is -0.448 e. The molecule has 1 amide bonds. The van der Waals surface area contributed by atoms with Crippen LogP contribution in [0.5, 0.6) is 11.6 Å². The number of alkyl carbamates (subject to hydrolysis) is 1. The Kier molecular flexibility index (Phi) is 7.61. The predicted molar refractivity (Wildman–Crippen MR) is 106 cm³/mol. The summed E-state index contributed by atoms with van der Waals surface area (Å²) in [5.74, 6) is 1.21. The van der Waals surface area contributed by atoms with Gasteiger partial charge in [-0.05, 0) is 43.5 Å². The minimum atomic E-state index is -0.321. The fourth-order valence-electron chi connectivity index (χ4n) is 3.26. The minimum absolute atomic E-state index is 0.261. The Balaban J connectivity index is 1.52. The first-order valence-electron chi connectivity index (χ1n) is 9.92. The first kappa shape index (κ1) is 20.1. The van der Waals surface area contributed by atoms with Gasteiger partial charge in [0.05, 0.1) is 6.20 Å². The zero-order valence-electron chi connectivity index (χ0n) is 16.3. The lowest BCUT2D eigenvalue weighted by Gasteiger charge is -2.35. The van der Waals surface area contributed by atoms with E-state index >= 15 is 0 Å². The van der Waals surface area contributed by atoms with Gasteiger partial charge in [-0.3, -0.25) is 9.88 Å². The van der Waals surface area contributed by atoms with Gasteiger partial charge in [-0.15, -0.1) is 0 Å². The van der Waals surface area contributed by atoms with E-state index in [4.69, 9.17) is 9.47 Å². The summed E-state index contributed by atoms with van der Waals surface area (Å²) in [7, 11) is 0. The summed E-state index contributed by atoms with van der Waals surface area (Å²) in [6.45, 7) is 4.95. The van der Waals surface area contributed by atoms with Crippen LogP contribution in [0, 0.1) is 0 Å². The number of ether oxygens (including phenoxy) is 2. The molecule has 0 aliphatic carbocycles. The van der Waals surface area contributed by atoms with Crippen molar-refractivity contribution in [2.45, 2.75) is 45.2 Å². The Hall–Kier alpha value is -2.67. The van der Waals surface area contributed by atoms with Crippen molar-refractivity contribution in [3.63, 3.8) is 0 Å². The molecule has 3 rings (SSSR count). The average molecular weight is 384 g/mol. The van der Waals surface area contributed by atoms with Gasteiger partial charge in [-0.25, -0.2) is 9.78 Å². The van der Waals surface area contributed by atoms with Crippen LogP contribution in [0.15, 0.2) is 42.9 Å². The van der Waals surface area contributed by atoms with E-state index in [9.17, 15) is 4.79 Å². The number of hydrogen-bond donors (Lipinski definition) is 1. The monoisotopic (exact) mass is 384 g/mol. The van der Waals surface area contributed by atoms with E-state index in [0.29, 0.717) is 19.0 Å². The van der Waals surface area contributed by atoms with Crippen LogP contribution in [-0.2, 0) is 11.3 Å². The van der Waals surface area contributed by atoms with Crippen molar-refractivity contribution in [3.8, 4) is 11.6 Å². The predicted octanol–water partition coefficient (Wildman–Crippen LogP) is 3.76. The van der Waals surface area contributed by atoms with E-state index in [2.05, 4.69) is 32.3 Å². The summed E-state index contributed by atoms with van der Waals surface area (Å²) in [6.07, 6.45) is 8.78. The van der Waals surface area contributed by atoms with Crippen molar-refractivity contribution < 1.29 is 14.3 Å². The van der Waals surface area contributed by atoms with Gasteiger partial charge in [0.25, 0.3) is 0 Å². The molecule has 1 saturated heterocycles. The molecule has 1 aromatic carbocycles. The summed E-state index contributed by atoms with van der Waals surface area (Å²) >= 11 is 0. The van der Waals surface area contributed by atoms with Crippen LogP contribution in [0.2, 0.25) is 0 Å². The number of aromatic nitrogens is 2. The second-order valence-corrected chi connectivity index (χ2v) is 6.93. The first-order chi connectivity index (χ1) is 13.7. The molecule has 1 N–H and O–H groups in total. The summed E-state index contributed by atoms with van der Waals surface area (Å²) in [6, 6.07) is 8.27. The first-order valence-corrected chi connectivity index (χ1v) is 9.92. The van der Waals surface area contributed by atoms with Crippen LogP contribution in [0.1, 0.15) is 38.2 Å². The smallest absolute Gasteiger partial charge is 0.407 e. The van der Waals surface area contributed by atoms with Crippen molar-refractivity contribution in [3.05, 3.63) is 48.4 Å². The average Bonchev–Trinajstić information content (AvgIpc) is 2.74. The van der Waals surface area contributed by atoms with E-state index in [1.165, 1.54) is 18.4 Å². The number of likely N-dealkylation sites (tertiary alicyclic amines) is 1. The molecule has 2 heterocycles. The maximum Gasteiger partial charge on any atom is 0.407 e. The second-order valence-electron chi connectivity index (χ2n) is 6.93. The van der Waals surface area contributed by atoms with Gasteiger partial charge in [-0.2, -0.15) is 0 Å². The third-order valence-electron chi connectivity index (χ3n) is 4.75. The van der Waals surface area contributed by atoms with Crippen LogP contribution in [0.25, 0.3) is 0 Å². The van der Waals surface area contributed by atoms with Gasteiger partial charge in [-0.1, -0.05) is 25.5 Å². The Labute approximate surface area is 166 Å². The van der Waals surface area contributed by atoms with Gasteiger partial charge >= 0.3 is 6.09 Å². The van der Waals surface area contributed by atoms with Crippen LogP contribution in [-0.4, -0.2) is 46.7 Å². The summed E-state index contributed by atoms with van der Waals surface area (Å²) in [4.78, 5) is 22.2. The highest BCUT2D eigenvalue weighted by Crippen LogP contribution is 2.23. The Bertz CT molecular complexity index is 724. The molecule has 2 aromatic rings. The van der Waals surface area contributed by atoms with Crippen molar-refractivity contribution in [1.29, 1.82) is 0 Å². The Morgan fingerprint density at radius 3 is 2.86 bits per heavy atom. The fourth-order valence-corrected chi connectivity index (χ4v) is 3.26. The molecular formula is C21H28N4O3. The normalized spacial score (nSPS) is 17.1. The highest BCUT2D eigenvalue weighted by molar-refractivity contribution is 5.67. The van der Waals surface area contributed by atoms with Crippen molar-refractivity contribution in [2.75, 3.05) is 19.7 Å². The van der Waals surface area contributed by atoms with Crippen LogP contribution < -0.4 is 10.1 Å². The van der Waals surface area contributed by atoms with E-state index in [1.807, 2.05) is 19.1 Å². The van der Waals surface area contributed by atoms with Crippen LogP contribution in [0.4, 0.5) is 4.79 Å². The third kappa shape index (κ3) is 6.20. The molecule has 0 spiro atoms. The van der Waals surface area contributed by atoms with Gasteiger partial charge in [0, 0.05) is 31.5 Å². The Morgan fingerprint density at radius 2 is 2.11 bits per heavy atom. The van der Waals surface area contributed by atoms with E-state index < -0.39 is 0 Å². The lowest BCUT2D eigenvalue weighted by Crippen LogP contribution is -2.43. The van der Waals surface area contributed by atoms with Gasteiger partial charge < -0.3 is 14.8 Å². The summed E-state index contributed by atoms with van der Waals surface area (Å²) in [5, 5.41) is 2.76. The topological polar surface area (TPSA) is 76.6 Å². The molecule has 1 aromatic heterocycles. The molecule has 1 atom stereocenters. The lowest BCUT2D eigenvalue weighted by atomic mass is 10.0. The van der Waals surface area contributed by atoms with Crippen LogP contribution >= 0.6 is 0 Å². The molecular weight excluding hydrogens is 356 g/mol. The van der Waals surface area contributed by atoms with E-state index in [-0.39, 0.29) is 12.1 Å². The molecule has 7 heteroatoms. The molecule has 1 aliphatic rings. The standard InChI is InChI=1S/C21H28N4O3/c1-2-10-24-21(26)27-16-18-5-3-4-13-25(18)15-17-6-8-19(9-7-17)28-20-14-22-11-12-23-20/h6-9,11-12,14,18H,2-5,10,13,15-16H2,1H3,(H,24,26). The highest BCUT2D eigenvalue weighted by atomic mass is 16.5. The maximum atomic E-state index is 11.7. The van der Waals surface area contributed by atoms with E-state index in [1.54, 1.807) is 18.6 Å². The molecule has 28 heavy (non-hydrogen) atoms. The molecule has 0 radical (unpaired) electrons. The molecule has 1 unspecified atom stereocenters. The van der Waals surface area contributed by atoms with Gasteiger partial charge in [0.15, 0.2) is 0 Å². The number of benzene rings is 1. The molecule has 0 bridgehead atoms. The maximum absolute atomic E-state index is 11.7. The number of nitrogens with one attached hydrogen (secondary N) is 1. The molecule has 150 valence electrons. The van der Waals surface area contributed by atoms with Gasteiger partial charge in [0.1, 0.15) is 12.4 Å². The number of rotatable bonds is 8. The number of amides is 1. The molecule has 1 fully saturated rings. The number of hydrogen-bond acceptors (Lipinski definition) is 6. The third-order valence-corrected chi connectivity index (χ3v) is 4.75. The zero-order valence-corrected chi connectivity index (χ0v) is 16.3. The highest BCUT2D eigenvalue weighted by Gasteiger charge is 2.23. The van der Waals surface area contributed by atoms with Crippen molar-refractivity contribution in [1.82, 2.24) is 20.2 Å². The quantitative estimate of drug-likeness (QED) is 0.747. The van der Waals surface area contributed by atoms with Crippen LogP contribution in [0.3, 0.4) is 0 Å². The molecule has 0 saturated carbocycles. The number of nitrogens with zero attached hydrogens (tertiary/aromatic N) is 3. The second kappa shape index (κ2) is 10.6. The van der Waals surface area contributed by atoms with Crippen molar-refractivity contribution >= 4 is 6.09 Å². The summed E-state index contributed by atoms with van der Waals surface area (Å²) in [5.41, 5.74) is 1.20. The number of carbonyl (C=O) groups excluding carboxylic acids is 1. The van der Waals surface area contributed by atoms with Gasteiger partial charge in [0.2, 0.25) is 5.88 Å². The fraction of sp³-hybridized carbons (Fsp3) is 0.476. The number of carbonyl (C=O) groups is 1. The lowest BCUT2D eigenvalue weighted by molar-refractivity contribution is 0.0640. The SMILES string of the molecule is CCCNC(=O)OCC1CCCCN1Cc1ccc(Oc2cnccn2)cc1. The van der Waals surface area contributed by atoms with E-state index in [0.717, 1.165) is 31.7 Å². The summed E-state index contributed by atoms with van der Waals surface area (Å²) < 4.78 is 11.1.